The van der Waals surface area contributed by atoms with Gasteiger partial charge in [-0.2, -0.15) is 15.6 Å². The molecule has 0 fully saturated rings. The number of fused-ring (bicyclic) bond motifs is 1. The molecule has 7 nitrogen and oxygen atoms in total. The summed E-state index contributed by atoms with van der Waals surface area (Å²) in [5.74, 6) is 0.543. The highest BCUT2D eigenvalue weighted by atomic mass is 35.5. The van der Waals surface area contributed by atoms with Gasteiger partial charge in [0, 0.05) is 16.7 Å². The smallest absolute Gasteiger partial charge is 0.237 e. The summed E-state index contributed by atoms with van der Waals surface area (Å²) in [6.07, 6.45) is 0. The molecule has 1 N–H and O–H groups in total. The van der Waals surface area contributed by atoms with Gasteiger partial charge in [-0.05, 0) is 18.2 Å². The molecule has 2 aromatic carbocycles. The SMILES string of the molecule is N#CC(C#N)=NNc1cc2c(cc1C(=O)c1cccc(Cl)c1)OCCO2. The second kappa shape index (κ2) is 7.56. The molecule has 1 aliphatic rings. The Hall–Kier alpha value is -3.55. The van der Waals surface area contributed by atoms with E-state index in [0.717, 1.165) is 0 Å². The van der Waals surface area contributed by atoms with Gasteiger partial charge < -0.3 is 9.47 Å². The number of carbonyl (C=O) groups excluding carboxylic acids is 1. The molecule has 128 valence electrons. The summed E-state index contributed by atoms with van der Waals surface area (Å²) >= 11 is 5.97. The Morgan fingerprint density at radius 2 is 1.81 bits per heavy atom. The van der Waals surface area contributed by atoms with E-state index >= 15 is 0 Å². The molecular formula is C18H11ClN4O3. The van der Waals surface area contributed by atoms with Crippen LogP contribution in [0.1, 0.15) is 15.9 Å². The summed E-state index contributed by atoms with van der Waals surface area (Å²) in [6, 6.07) is 12.9. The third-order valence-corrected chi connectivity index (χ3v) is 3.75. The Morgan fingerprint density at radius 1 is 1.12 bits per heavy atom. The molecule has 26 heavy (non-hydrogen) atoms. The summed E-state index contributed by atoms with van der Waals surface area (Å²) in [5.41, 5.74) is 3.11. The van der Waals surface area contributed by atoms with Crippen molar-refractivity contribution in [3.63, 3.8) is 0 Å². The normalized spacial score (nSPS) is 11.7. The molecule has 0 atom stereocenters. The zero-order chi connectivity index (χ0) is 18.5. The van der Waals surface area contributed by atoms with Gasteiger partial charge in [-0.15, -0.1) is 0 Å². The van der Waals surface area contributed by atoms with Crippen LogP contribution in [0.5, 0.6) is 11.5 Å². The van der Waals surface area contributed by atoms with Crippen LogP contribution in [-0.2, 0) is 0 Å². The van der Waals surface area contributed by atoms with Crippen LogP contribution in [0.3, 0.4) is 0 Å². The van der Waals surface area contributed by atoms with Crippen LogP contribution in [0.25, 0.3) is 0 Å². The van der Waals surface area contributed by atoms with E-state index in [1.54, 1.807) is 42.5 Å². The van der Waals surface area contributed by atoms with E-state index in [-0.39, 0.29) is 22.7 Å². The Bertz CT molecular complexity index is 973. The fraction of sp³-hybridized carbons (Fsp3) is 0.111. The number of hydrazone groups is 1. The Kier molecular flexibility index (Phi) is 5.02. The largest absolute Gasteiger partial charge is 0.486 e. The first-order chi connectivity index (χ1) is 12.6. The molecule has 0 saturated heterocycles. The lowest BCUT2D eigenvalue weighted by molar-refractivity contribution is 0.103. The quantitative estimate of drug-likeness (QED) is 0.506. The maximum atomic E-state index is 12.9. The number of nitrogens with zero attached hydrogens (tertiary/aromatic N) is 3. The first-order valence-electron chi connectivity index (χ1n) is 7.50. The lowest BCUT2D eigenvalue weighted by Crippen LogP contribution is -2.17. The van der Waals surface area contributed by atoms with Crippen LogP contribution in [-0.4, -0.2) is 24.7 Å². The minimum atomic E-state index is -0.374. The van der Waals surface area contributed by atoms with Gasteiger partial charge in [0.25, 0.3) is 0 Å². The van der Waals surface area contributed by atoms with Crippen molar-refractivity contribution < 1.29 is 14.3 Å². The molecule has 0 unspecified atom stereocenters. The molecule has 1 aliphatic heterocycles. The number of hydrogen-bond donors (Lipinski definition) is 1. The summed E-state index contributed by atoms with van der Waals surface area (Å²) in [5, 5.41) is 21.8. The van der Waals surface area contributed by atoms with E-state index < -0.39 is 0 Å². The minimum absolute atomic E-state index is 0.246. The van der Waals surface area contributed by atoms with Gasteiger partial charge in [-0.3, -0.25) is 10.2 Å². The van der Waals surface area contributed by atoms with Crippen molar-refractivity contribution in [1.82, 2.24) is 0 Å². The van der Waals surface area contributed by atoms with Gasteiger partial charge in [0.2, 0.25) is 5.71 Å². The summed E-state index contributed by atoms with van der Waals surface area (Å²) in [6.45, 7) is 0.745. The van der Waals surface area contributed by atoms with Gasteiger partial charge in [-0.1, -0.05) is 23.7 Å². The standard InChI is InChI=1S/C18H11ClN4O3/c19-12-3-1-2-11(6-12)18(24)14-7-16-17(26-5-4-25-16)8-15(14)23-22-13(9-20)10-21/h1-3,6-8,23H,4-5H2. The number of ketones is 1. The lowest BCUT2D eigenvalue weighted by atomic mass is 10.0. The maximum absolute atomic E-state index is 12.9. The van der Waals surface area contributed by atoms with E-state index in [9.17, 15) is 4.79 Å². The molecule has 1 heterocycles. The maximum Gasteiger partial charge on any atom is 0.237 e. The number of benzene rings is 2. The zero-order valence-electron chi connectivity index (χ0n) is 13.3. The van der Waals surface area contributed by atoms with Crippen LogP contribution in [0.15, 0.2) is 41.5 Å². The molecule has 2 aromatic rings. The van der Waals surface area contributed by atoms with Crippen molar-refractivity contribution in [3.8, 4) is 23.6 Å². The number of nitriles is 2. The monoisotopic (exact) mass is 366 g/mol. The number of carbonyl (C=O) groups is 1. The second-order valence-electron chi connectivity index (χ2n) is 5.18. The average Bonchev–Trinajstić information content (AvgIpc) is 2.67. The molecule has 0 bridgehead atoms. The fourth-order valence-corrected chi connectivity index (χ4v) is 2.54. The van der Waals surface area contributed by atoms with Crippen LogP contribution in [0.4, 0.5) is 5.69 Å². The van der Waals surface area contributed by atoms with Crippen molar-refractivity contribution in [1.29, 1.82) is 10.5 Å². The third kappa shape index (κ3) is 3.59. The van der Waals surface area contributed by atoms with E-state index in [1.165, 1.54) is 6.07 Å². The van der Waals surface area contributed by atoms with Gasteiger partial charge in [0.05, 0.1) is 11.3 Å². The third-order valence-electron chi connectivity index (χ3n) is 3.51. The molecular weight excluding hydrogens is 356 g/mol. The van der Waals surface area contributed by atoms with Crippen molar-refractivity contribution in [2.45, 2.75) is 0 Å². The first kappa shape index (κ1) is 17.3. The van der Waals surface area contributed by atoms with Crippen LogP contribution in [0, 0.1) is 22.7 Å². The zero-order valence-corrected chi connectivity index (χ0v) is 14.1. The van der Waals surface area contributed by atoms with E-state index in [1.807, 2.05) is 0 Å². The highest BCUT2D eigenvalue weighted by molar-refractivity contribution is 6.31. The van der Waals surface area contributed by atoms with Crippen LogP contribution >= 0.6 is 11.6 Å². The lowest BCUT2D eigenvalue weighted by Gasteiger charge is -2.20. The molecule has 0 aromatic heterocycles. The van der Waals surface area contributed by atoms with Crippen molar-refractivity contribution in [2.24, 2.45) is 5.10 Å². The summed E-state index contributed by atoms with van der Waals surface area (Å²) in [4.78, 5) is 12.9. The van der Waals surface area contributed by atoms with Crippen LogP contribution < -0.4 is 14.9 Å². The van der Waals surface area contributed by atoms with Gasteiger partial charge in [0.1, 0.15) is 25.4 Å². The number of nitrogens with one attached hydrogen (secondary N) is 1. The van der Waals surface area contributed by atoms with Crippen molar-refractivity contribution in [3.05, 3.63) is 52.5 Å². The molecule has 0 amide bonds. The number of halogens is 1. The number of rotatable bonds is 4. The molecule has 0 spiro atoms. The van der Waals surface area contributed by atoms with Gasteiger partial charge in [0.15, 0.2) is 17.3 Å². The topological polar surface area (TPSA) is 108 Å². The second-order valence-corrected chi connectivity index (χ2v) is 5.61. The van der Waals surface area contributed by atoms with Crippen molar-refractivity contribution >= 4 is 28.8 Å². The fourth-order valence-electron chi connectivity index (χ4n) is 2.35. The van der Waals surface area contributed by atoms with Gasteiger partial charge in [-0.25, -0.2) is 0 Å². The Labute approximate surface area is 154 Å². The van der Waals surface area contributed by atoms with Gasteiger partial charge >= 0.3 is 0 Å². The average molecular weight is 367 g/mol. The molecule has 8 heteroatoms. The number of ether oxygens (including phenoxy) is 2. The summed E-state index contributed by atoms with van der Waals surface area (Å²) in [7, 11) is 0. The highest BCUT2D eigenvalue weighted by Gasteiger charge is 2.21. The molecule has 0 radical (unpaired) electrons. The predicted octanol–water partition coefficient (Wildman–Crippen LogP) is 3.16. The van der Waals surface area contributed by atoms with E-state index in [4.69, 9.17) is 31.6 Å². The first-order valence-corrected chi connectivity index (χ1v) is 7.88. The number of anilines is 1. The van der Waals surface area contributed by atoms with Crippen molar-refractivity contribution in [2.75, 3.05) is 18.6 Å². The molecule has 0 aliphatic carbocycles. The van der Waals surface area contributed by atoms with E-state index in [2.05, 4.69) is 10.5 Å². The Morgan fingerprint density at radius 3 is 2.46 bits per heavy atom. The molecule has 0 saturated carbocycles. The predicted molar refractivity (Wildman–Crippen MR) is 94.6 cm³/mol. The number of hydrogen-bond acceptors (Lipinski definition) is 7. The molecule has 3 rings (SSSR count). The minimum Gasteiger partial charge on any atom is -0.486 e. The van der Waals surface area contributed by atoms with Crippen LogP contribution in [0.2, 0.25) is 5.02 Å². The Balaban J connectivity index is 2.07. The highest BCUT2D eigenvalue weighted by Crippen LogP contribution is 2.36. The summed E-state index contributed by atoms with van der Waals surface area (Å²) < 4.78 is 11.0. The van der Waals surface area contributed by atoms with E-state index in [0.29, 0.717) is 35.3 Å².